The highest BCUT2D eigenvalue weighted by atomic mass is 32.2. The summed E-state index contributed by atoms with van der Waals surface area (Å²) >= 11 is 0. The molecule has 110 valence electrons. The second-order valence-electron chi connectivity index (χ2n) is 4.23. The van der Waals surface area contributed by atoms with E-state index in [1.807, 2.05) is 0 Å². The summed E-state index contributed by atoms with van der Waals surface area (Å²) in [4.78, 5) is 22.6. The first-order chi connectivity index (χ1) is 9.35. The molecule has 0 saturated carbocycles. The number of carbonyl (C=O) groups is 2. The Bertz CT molecular complexity index is 595. The number of nitrogens with one attached hydrogen (secondary N) is 1. The molecule has 2 N–H and O–H groups in total. The molecule has 1 rings (SSSR count). The third kappa shape index (κ3) is 5.00. The zero-order chi connectivity index (χ0) is 15.2. The Hall–Kier alpha value is -1.89. The molecule has 6 nitrogen and oxygen atoms in total. The fraction of sp³-hybridized carbons (Fsp3) is 0.385. The summed E-state index contributed by atoms with van der Waals surface area (Å²) in [5.74, 6) is -1.58. The summed E-state index contributed by atoms with van der Waals surface area (Å²) in [6, 6.07) is 6.22. The molecule has 0 spiro atoms. The molecule has 20 heavy (non-hydrogen) atoms. The van der Waals surface area contributed by atoms with Crippen LogP contribution in [-0.4, -0.2) is 43.5 Å². The lowest BCUT2D eigenvalue weighted by Crippen LogP contribution is -2.31. The van der Waals surface area contributed by atoms with Crippen LogP contribution in [0.5, 0.6) is 0 Å². The molecular formula is C13H17NO5S. The summed E-state index contributed by atoms with van der Waals surface area (Å²) in [6.07, 6.45) is -0.0886. The predicted molar refractivity (Wildman–Crippen MR) is 74.4 cm³/mol. The second kappa shape index (κ2) is 7.04. The van der Waals surface area contributed by atoms with Gasteiger partial charge in [0.15, 0.2) is 9.84 Å². The van der Waals surface area contributed by atoms with E-state index in [2.05, 4.69) is 5.32 Å². The quantitative estimate of drug-likeness (QED) is 0.762. The van der Waals surface area contributed by atoms with Crippen LogP contribution in [0.4, 0.5) is 0 Å². The fourth-order valence-electron chi connectivity index (χ4n) is 1.61. The van der Waals surface area contributed by atoms with Crippen LogP contribution in [0, 0.1) is 0 Å². The number of hydrogen-bond donors (Lipinski definition) is 2. The third-order valence-corrected chi connectivity index (χ3v) is 4.48. The molecule has 0 radical (unpaired) electrons. The fourth-order valence-corrected chi connectivity index (χ4v) is 2.31. The number of aromatic carboxylic acids is 1. The zero-order valence-electron chi connectivity index (χ0n) is 11.1. The Morgan fingerprint density at radius 3 is 2.50 bits per heavy atom. The highest BCUT2D eigenvalue weighted by Gasteiger charge is 2.13. The second-order valence-corrected chi connectivity index (χ2v) is 6.70. The van der Waals surface area contributed by atoms with E-state index >= 15 is 0 Å². The Labute approximate surface area is 117 Å². The normalized spacial score (nSPS) is 11.1. The Kier molecular flexibility index (Phi) is 5.69. The van der Waals surface area contributed by atoms with Gasteiger partial charge in [-0.25, -0.2) is 13.2 Å². The Morgan fingerprint density at radius 2 is 1.90 bits per heavy atom. The minimum Gasteiger partial charge on any atom is -0.478 e. The molecule has 0 aliphatic carbocycles. The standard InChI is InChI=1S/C13H17NO5S/c1-2-20(18,19)8-7-14-12(15)9-10-5-3-4-6-11(10)13(16)17/h3-6H,2,7-9H2,1H3,(H,14,15)(H,16,17). The van der Waals surface area contributed by atoms with Gasteiger partial charge in [0.05, 0.1) is 17.7 Å². The summed E-state index contributed by atoms with van der Waals surface area (Å²) < 4.78 is 22.5. The van der Waals surface area contributed by atoms with Crippen LogP contribution in [0.25, 0.3) is 0 Å². The van der Waals surface area contributed by atoms with Gasteiger partial charge in [0.2, 0.25) is 5.91 Å². The lowest BCUT2D eigenvalue weighted by molar-refractivity contribution is -0.120. The predicted octanol–water partition coefficient (Wildman–Crippen LogP) is 0.478. The Morgan fingerprint density at radius 1 is 1.25 bits per heavy atom. The highest BCUT2D eigenvalue weighted by Crippen LogP contribution is 2.09. The van der Waals surface area contributed by atoms with E-state index in [9.17, 15) is 18.0 Å². The van der Waals surface area contributed by atoms with Crippen LogP contribution < -0.4 is 5.32 Å². The molecule has 0 bridgehead atoms. The van der Waals surface area contributed by atoms with Crippen LogP contribution in [0.2, 0.25) is 0 Å². The molecule has 0 fully saturated rings. The maximum Gasteiger partial charge on any atom is 0.335 e. The van der Waals surface area contributed by atoms with Gasteiger partial charge in [0, 0.05) is 12.3 Å². The van der Waals surface area contributed by atoms with E-state index in [-0.39, 0.29) is 30.0 Å². The largest absolute Gasteiger partial charge is 0.478 e. The zero-order valence-corrected chi connectivity index (χ0v) is 11.9. The number of sulfone groups is 1. The number of benzene rings is 1. The van der Waals surface area contributed by atoms with Crippen molar-refractivity contribution in [1.82, 2.24) is 5.32 Å². The van der Waals surface area contributed by atoms with Crippen molar-refractivity contribution in [3.63, 3.8) is 0 Å². The summed E-state index contributed by atoms with van der Waals surface area (Å²) in [5, 5.41) is 11.5. The van der Waals surface area contributed by atoms with Crippen molar-refractivity contribution in [3.8, 4) is 0 Å². The van der Waals surface area contributed by atoms with Crippen molar-refractivity contribution < 1.29 is 23.1 Å². The van der Waals surface area contributed by atoms with Crippen LogP contribution in [-0.2, 0) is 21.1 Å². The number of carboxylic acid groups (broad SMARTS) is 1. The number of amides is 1. The van der Waals surface area contributed by atoms with Gasteiger partial charge in [-0.2, -0.15) is 0 Å². The van der Waals surface area contributed by atoms with Gasteiger partial charge in [0.25, 0.3) is 0 Å². The molecule has 0 aliphatic rings. The van der Waals surface area contributed by atoms with Gasteiger partial charge >= 0.3 is 5.97 Å². The summed E-state index contributed by atoms with van der Waals surface area (Å²) in [7, 11) is -3.12. The van der Waals surface area contributed by atoms with Gasteiger partial charge in [-0.3, -0.25) is 4.79 Å². The van der Waals surface area contributed by atoms with E-state index in [4.69, 9.17) is 5.11 Å². The molecule has 7 heteroatoms. The van der Waals surface area contributed by atoms with Gasteiger partial charge in [-0.15, -0.1) is 0 Å². The number of hydrogen-bond acceptors (Lipinski definition) is 4. The summed E-state index contributed by atoms with van der Waals surface area (Å²) in [6.45, 7) is 1.57. The van der Waals surface area contributed by atoms with E-state index in [0.717, 1.165) is 0 Å². The van der Waals surface area contributed by atoms with Crippen molar-refractivity contribution >= 4 is 21.7 Å². The maximum atomic E-state index is 11.7. The van der Waals surface area contributed by atoms with E-state index in [1.165, 1.54) is 6.07 Å². The van der Waals surface area contributed by atoms with Crippen molar-refractivity contribution in [2.24, 2.45) is 0 Å². The smallest absolute Gasteiger partial charge is 0.335 e. The van der Waals surface area contributed by atoms with E-state index in [0.29, 0.717) is 5.56 Å². The SMILES string of the molecule is CCS(=O)(=O)CCNC(=O)Cc1ccccc1C(=O)O. The first-order valence-electron chi connectivity index (χ1n) is 6.14. The van der Waals surface area contributed by atoms with Crippen LogP contribution in [0.1, 0.15) is 22.8 Å². The molecular weight excluding hydrogens is 282 g/mol. The minimum absolute atomic E-state index is 0.0320. The lowest BCUT2D eigenvalue weighted by atomic mass is 10.0. The first kappa shape index (κ1) is 16.2. The van der Waals surface area contributed by atoms with E-state index in [1.54, 1.807) is 25.1 Å². The van der Waals surface area contributed by atoms with Crippen LogP contribution >= 0.6 is 0 Å². The molecule has 0 aliphatic heterocycles. The monoisotopic (exact) mass is 299 g/mol. The van der Waals surface area contributed by atoms with Crippen molar-refractivity contribution in [3.05, 3.63) is 35.4 Å². The van der Waals surface area contributed by atoms with Gasteiger partial charge in [-0.1, -0.05) is 25.1 Å². The Balaban J connectivity index is 2.57. The molecule has 0 atom stereocenters. The average molecular weight is 299 g/mol. The number of carbonyl (C=O) groups excluding carboxylic acids is 1. The number of carboxylic acids is 1. The molecule has 0 aromatic heterocycles. The molecule has 1 aromatic carbocycles. The first-order valence-corrected chi connectivity index (χ1v) is 7.96. The minimum atomic E-state index is -3.12. The third-order valence-electron chi connectivity index (χ3n) is 2.77. The molecule has 0 unspecified atom stereocenters. The van der Waals surface area contributed by atoms with E-state index < -0.39 is 21.7 Å². The van der Waals surface area contributed by atoms with Gasteiger partial charge in [0.1, 0.15) is 0 Å². The molecule has 1 amide bonds. The molecule has 1 aromatic rings. The van der Waals surface area contributed by atoms with Crippen molar-refractivity contribution in [1.29, 1.82) is 0 Å². The highest BCUT2D eigenvalue weighted by molar-refractivity contribution is 7.91. The lowest BCUT2D eigenvalue weighted by Gasteiger charge is -2.07. The summed E-state index contributed by atoms with van der Waals surface area (Å²) in [5.41, 5.74) is 0.472. The van der Waals surface area contributed by atoms with Crippen molar-refractivity contribution in [2.45, 2.75) is 13.3 Å². The molecule has 0 saturated heterocycles. The van der Waals surface area contributed by atoms with Crippen LogP contribution in [0.15, 0.2) is 24.3 Å². The van der Waals surface area contributed by atoms with Crippen molar-refractivity contribution in [2.75, 3.05) is 18.1 Å². The molecule has 0 heterocycles. The van der Waals surface area contributed by atoms with Crippen LogP contribution in [0.3, 0.4) is 0 Å². The van der Waals surface area contributed by atoms with Gasteiger partial charge < -0.3 is 10.4 Å². The maximum absolute atomic E-state index is 11.7. The average Bonchev–Trinajstić information content (AvgIpc) is 2.39. The topological polar surface area (TPSA) is 101 Å². The van der Waals surface area contributed by atoms with Gasteiger partial charge in [-0.05, 0) is 11.6 Å². The number of rotatable bonds is 7.